The van der Waals surface area contributed by atoms with Crippen LogP contribution >= 0.6 is 15.9 Å². The van der Waals surface area contributed by atoms with E-state index < -0.39 is 0 Å². The molecule has 0 fully saturated rings. The summed E-state index contributed by atoms with van der Waals surface area (Å²) in [4.78, 5) is 0. The van der Waals surface area contributed by atoms with Crippen LogP contribution in [0.15, 0.2) is 22.7 Å². The van der Waals surface area contributed by atoms with Crippen molar-refractivity contribution in [2.24, 2.45) is 0 Å². The predicted octanol–water partition coefficient (Wildman–Crippen LogP) is 1.84. The molecule has 0 amide bonds. The van der Waals surface area contributed by atoms with Gasteiger partial charge in [-0.3, -0.25) is 0 Å². The smallest absolute Gasteiger partial charge is 0.142 e. The fourth-order valence-electron chi connectivity index (χ4n) is 1.55. The zero-order valence-electron chi connectivity index (χ0n) is 8.01. The van der Waals surface area contributed by atoms with Gasteiger partial charge in [0.25, 0.3) is 0 Å². The first kappa shape index (κ1) is 9.80. The molecule has 0 saturated heterocycles. The Morgan fingerprint density at radius 1 is 1.64 bits per heavy atom. The van der Waals surface area contributed by atoms with Gasteiger partial charge in [-0.2, -0.15) is 0 Å². The number of ether oxygens (including phenoxy) is 1. The zero-order chi connectivity index (χ0) is 9.97. The highest BCUT2D eigenvalue weighted by Gasteiger charge is 2.17. The molecule has 2 rings (SSSR count). The van der Waals surface area contributed by atoms with Gasteiger partial charge in [0.15, 0.2) is 0 Å². The summed E-state index contributed by atoms with van der Waals surface area (Å²) in [5, 5.41) is 6.55. The van der Waals surface area contributed by atoms with Gasteiger partial charge >= 0.3 is 0 Å². The van der Waals surface area contributed by atoms with Crippen LogP contribution in [0.25, 0.3) is 0 Å². The molecule has 14 heavy (non-hydrogen) atoms. The van der Waals surface area contributed by atoms with Gasteiger partial charge in [-0.1, -0.05) is 15.9 Å². The number of nitrogens with one attached hydrogen (secondary N) is 2. The van der Waals surface area contributed by atoms with Crippen molar-refractivity contribution in [1.82, 2.24) is 5.32 Å². The molecule has 1 aliphatic heterocycles. The minimum Gasteiger partial charge on any atom is -0.489 e. The maximum atomic E-state index is 5.62. The minimum absolute atomic E-state index is 0.349. The summed E-state index contributed by atoms with van der Waals surface area (Å²) in [5.74, 6) is 0.931. The number of hydrogen-bond donors (Lipinski definition) is 2. The third-order valence-electron chi connectivity index (χ3n) is 2.19. The van der Waals surface area contributed by atoms with Gasteiger partial charge in [0.2, 0.25) is 0 Å². The molecule has 0 aliphatic carbocycles. The number of rotatable bonds is 2. The van der Waals surface area contributed by atoms with Gasteiger partial charge in [-0.15, -0.1) is 0 Å². The Kier molecular flexibility index (Phi) is 2.93. The monoisotopic (exact) mass is 256 g/mol. The van der Waals surface area contributed by atoms with Crippen LogP contribution in [0, 0.1) is 0 Å². The first-order chi connectivity index (χ1) is 6.79. The Labute approximate surface area is 92.0 Å². The van der Waals surface area contributed by atoms with Crippen molar-refractivity contribution in [2.45, 2.75) is 6.04 Å². The van der Waals surface area contributed by atoms with Crippen molar-refractivity contribution >= 4 is 21.6 Å². The molecule has 0 aromatic heterocycles. The maximum Gasteiger partial charge on any atom is 0.142 e. The van der Waals surface area contributed by atoms with E-state index in [4.69, 9.17) is 4.74 Å². The Hall–Kier alpha value is -0.740. The number of anilines is 1. The first-order valence-corrected chi connectivity index (χ1v) is 5.42. The lowest BCUT2D eigenvalue weighted by molar-refractivity contribution is 0.282. The van der Waals surface area contributed by atoms with E-state index in [0.717, 1.165) is 29.1 Å². The molecule has 0 saturated carbocycles. The van der Waals surface area contributed by atoms with Crippen LogP contribution in [0.5, 0.6) is 5.75 Å². The molecule has 0 bridgehead atoms. The van der Waals surface area contributed by atoms with Gasteiger partial charge in [0.1, 0.15) is 12.4 Å². The number of benzene rings is 1. The predicted molar refractivity (Wildman–Crippen MR) is 61.0 cm³/mol. The van der Waals surface area contributed by atoms with Gasteiger partial charge in [0, 0.05) is 11.0 Å². The Bertz CT molecular complexity index is 330. The number of hydrogen-bond acceptors (Lipinski definition) is 3. The van der Waals surface area contributed by atoms with Gasteiger partial charge in [-0.25, -0.2) is 0 Å². The van der Waals surface area contributed by atoms with Gasteiger partial charge in [0.05, 0.1) is 11.7 Å². The normalized spacial score (nSPS) is 19.4. The summed E-state index contributed by atoms with van der Waals surface area (Å²) in [6, 6.07) is 6.35. The molecule has 1 atom stereocenters. The highest BCUT2D eigenvalue weighted by atomic mass is 79.9. The lowest BCUT2D eigenvalue weighted by Gasteiger charge is -2.27. The van der Waals surface area contributed by atoms with E-state index in [2.05, 4.69) is 26.6 Å². The minimum atomic E-state index is 0.349. The van der Waals surface area contributed by atoms with Crippen LogP contribution in [0.2, 0.25) is 0 Å². The molecule has 1 aliphatic rings. The number of fused-ring (bicyclic) bond motifs is 1. The van der Waals surface area contributed by atoms with Crippen LogP contribution in [0.4, 0.5) is 5.69 Å². The second kappa shape index (κ2) is 4.19. The zero-order valence-corrected chi connectivity index (χ0v) is 9.60. The second-order valence-electron chi connectivity index (χ2n) is 3.35. The Balaban J connectivity index is 2.16. The highest BCUT2D eigenvalue weighted by Crippen LogP contribution is 2.31. The largest absolute Gasteiger partial charge is 0.489 e. The molecule has 0 spiro atoms. The van der Waals surface area contributed by atoms with Crippen molar-refractivity contribution in [1.29, 1.82) is 0 Å². The van der Waals surface area contributed by atoms with Crippen LogP contribution in [0.3, 0.4) is 0 Å². The van der Waals surface area contributed by atoms with E-state index in [-0.39, 0.29) is 0 Å². The summed E-state index contributed by atoms with van der Waals surface area (Å²) < 4.78 is 6.69. The van der Waals surface area contributed by atoms with Gasteiger partial charge < -0.3 is 15.4 Å². The van der Waals surface area contributed by atoms with Crippen molar-refractivity contribution in [3.05, 3.63) is 22.7 Å². The maximum absolute atomic E-state index is 5.62. The van der Waals surface area contributed by atoms with Crippen molar-refractivity contribution < 1.29 is 4.74 Å². The lowest BCUT2D eigenvalue weighted by atomic mass is 10.2. The van der Waals surface area contributed by atoms with Crippen LogP contribution in [-0.2, 0) is 0 Å². The van der Waals surface area contributed by atoms with E-state index in [1.807, 2.05) is 25.2 Å². The molecule has 1 aromatic carbocycles. The molecular formula is C10H13BrN2O. The Morgan fingerprint density at radius 2 is 2.50 bits per heavy atom. The fourth-order valence-corrected chi connectivity index (χ4v) is 1.91. The molecule has 2 N–H and O–H groups in total. The molecular weight excluding hydrogens is 244 g/mol. The standard InChI is InChI=1S/C10H13BrN2O/c1-12-5-8-6-14-10-3-2-7(11)4-9(10)13-8/h2-4,8,12-13H,5-6H2,1H3. The van der Waals surface area contributed by atoms with Crippen LogP contribution in [0.1, 0.15) is 0 Å². The third-order valence-corrected chi connectivity index (χ3v) is 2.69. The average Bonchev–Trinajstić information content (AvgIpc) is 2.17. The third kappa shape index (κ3) is 2.01. The fraction of sp³-hybridized carbons (Fsp3) is 0.400. The number of halogens is 1. The first-order valence-electron chi connectivity index (χ1n) is 4.63. The summed E-state index contributed by atoms with van der Waals surface area (Å²) in [5.41, 5.74) is 1.06. The van der Waals surface area contributed by atoms with E-state index in [1.165, 1.54) is 0 Å². The highest BCUT2D eigenvalue weighted by molar-refractivity contribution is 9.10. The lowest BCUT2D eigenvalue weighted by Crippen LogP contribution is -2.38. The second-order valence-corrected chi connectivity index (χ2v) is 4.27. The van der Waals surface area contributed by atoms with Crippen LogP contribution < -0.4 is 15.4 Å². The molecule has 3 nitrogen and oxygen atoms in total. The van der Waals surface area contributed by atoms with E-state index in [1.54, 1.807) is 0 Å². The molecule has 1 heterocycles. The molecule has 4 heteroatoms. The van der Waals surface area contributed by atoms with E-state index >= 15 is 0 Å². The molecule has 76 valence electrons. The summed E-state index contributed by atoms with van der Waals surface area (Å²) in [7, 11) is 1.94. The quantitative estimate of drug-likeness (QED) is 0.848. The Morgan fingerprint density at radius 3 is 3.29 bits per heavy atom. The topological polar surface area (TPSA) is 33.3 Å². The summed E-state index contributed by atoms with van der Waals surface area (Å²) in [6.45, 7) is 1.63. The van der Waals surface area contributed by atoms with Crippen molar-refractivity contribution in [3.8, 4) is 5.75 Å². The number of likely N-dealkylation sites (N-methyl/N-ethyl adjacent to an activating group) is 1. The van der Waals surface area contributed by atoms with Gasteiger partial charge in [-0.05, 0) is 25.2 Å². The summed E-state index contributed by atoms with van der Waals surface area (Å²) >= 11 is 3.44. The van der Waals surface area contributed by atoms with Crippen molar-refractivity contribution in [3.63, 3.8) is 0 Å². The summed E-state index contributed by atoms with van der Waals surface area (Å²) in [6.07, 6.45) is 0. The van der Waals surface area contributed by atoms with E-state index in [0.29, 0.717) is 6.04 Å². The SMILES string of the molecule is CNCC1COc2ccc(Br)cc2N1. The average molecular weight is 257 g/mol. The molecule has 1 unspecified atom stereocenters. The molecule has 0 radical (unpaired) electrons. The van der Waals surface area contributed by atoms with Crippen molar-refractivity contribution in [2.75, 3.05) is 25.5 Å². The molecule has 1 aromatic rings. The van der Waals surface area contributed by atoms with E-state index in [9.17, 15) is 0 Å². The van der Waals surface area contributed by atoms with Crippen LogP contribution in [-0.4, -0.2) is 26.2 Å².